The van der Waals surface area contributed by atoms with Crippen LogP contribution in [0.3, 0.4) is 0 Å². The Morgan fingerprint density at radius 1 is 1.00 bits per heavy atom. The highest BCUT2D eigenvalue weighted by Crippen LogP contribution is 2.30. The van der Waals surface area contributed by atoms with Crippen molar-refractivity contribution in [3.8, 4) is 11.5 Å². The first-order chi connectivity index (χ1) is 15.4. The standard InChI is InChI=1S/C25H18FNO5/c1-15-3-6-18(7-4-15)24(28)31-21-12-5-16(14-22(21)30-2)13-20-25(29)32-23(27-20)17-8-10-19(26)11-9-17/h3-14H,1-2H3/b20-13-. The molecule has 1 heterocycles. The Morgan fingerprint density at radius 2 is 1.72 bits per heavy atom. The lowest BCUT2D eigenvalue weighted by Crippen LogP contribution is -2.09. The fourth-order valence-corrected chi connectivity index (χ4v) is 2.99. The van der Waals surface area contributed by atoms with Crippen LogP contribution in [0.4, 0.5) is 4.39 Å². The number of carbonyl (C=O) groups excluding carboxylic acids is 2. The Hall–Kier alpha value is -4.26. The number of cyclic esters (lactones) is 1. The Bertz CT molecular complexity index is 1240. The van der Waals surface area contributed by atoms with Crippen molar-refractivity contribution in [2.75, 3.05) is 7.11 Å². The highest BCUT2D eigenvalue weighted by atomic mass is 19.1. The molecule has 0 spiro atoms. The van der Waals surface area contributed by atoms with Crippen LogP contribution < -0.4 is 9.47 Å². The molecule has 0 unspecified atom stereocenters. The molecule has 3 aromatic rings. The highest BCUT2D eigenvalue weighted by molar-refractivity contribution is 6.12. The molecule has 6 nitrogen and oxygen atoms in total. The first kappa shape index (κ1) is 21.0. The van der Waals surface area contributed by atoms with Gasteiger partial charge in [0, 0.05) is 5.56 Å². The zero-order valence-electron chi connectivity index (χ0n) is 17.3. The molecular formula is C25H18FNO5. The Labute approximate surface area is 183 Å². The van der Waals surface area contributed by atoms with Crippen molar-refractivity contribution >= 4 is 23.9 Å². The molecule has 3 aromatic carbocycles. The van der Waals surface area contributed by atoms with E-state index < -0.39 is 17.8 Å². The fourth-order valence-electron chi connectivity index (χ4n) is 2.99. The molecule has 1 aliphatic heterocycles. The zero-order valence-corrected chi connectivity index (χ0v) is 17.3. The number of rotatable bonds is 5. The van der Waals surface area contributed by atoms with Gasteiger partial charge in [-0.05, 0) is 67.1 Å². The van der Waals surface area contributed by atoms with Crippen LogP contribution in [-0.2, 0) is 9.53 Å². The molecule has 0 radical (unpaired) electrons. The van der Waals surface area contributed by atoms with Crippen LogP contribution in [0.15, 0.2) is 77.4 Å². The predicted octanol–water partition coefficient (Wildman–Crippen LogP) is 4.71. The minimum absolute atomic E-state index is 0.0794. The number of esters is 2. The molecule has 32 heavy (non-hydrogen) atoms. The summed E-state index contributed by atoms with van der Waals surface area (Å²) in [6.45, 7) is 1.93. The number of halogens is 1. The lowest BCUT2D eigenvalue weighted by molar-refractivity contribution is -0.129. The van der Waals surface area contributed by atoms with Crippen LogP contribution >= 0.6 is 0 Å². The zero-order chi connectivity index (χ0) is 22.7. The molecule has 1 aliphatic rings. The summed E-state index contributed by atoms with van der Waals surface area (Å²) < 4.78 is 29.1. The van der Waals surface area contributed by atoms with Gasteiger partial charge in [0.2, 0.25) is 5.90 Å². The van der Waals surface area contributed by atoms with Gasteiger partial charge in [0.05, 0.1) is 12.7 Å². The number of hydrogen-bond acceptors (Lipinski definition) is 6. The van der Waals surface area contributed by atoms with E-state index in [4.69, 9.17) is 14.2 Å². The van der Waals surface area contributed by atoms with E-state index in [1.165, 1.54) is 37.5 Å². The van der Waals surface area contributed by atoms with E-state index in [1.807, 2.05) is 19.1 Å². The molecule has 0 fully saturated rings. The third-order valence-corrected chi connectivity index (χ3v) is 4.69. The Balaban J connectivity index is 1.56. The van der Waals surface area contributed by atoms with Crippen molar-refractivity contribution in [1.82, 2.24) is 0 Å². The molecule has 0 saturated heterocycles. The fraction of sp³-hybridized carbons (Fsp3) is 0.0800. The number of ether oxygens (including phenoxy) is 3. The van der Waals surface area contributed by atoms with Crippen molar-refractivity contribution < 1.29 is 28.2 Å². The minimum Gasteiger partial charge on any atom is -0.493 e. The topological polar surface area (TPSA) is 74.2 Å². The molecule has 160 valence electrons. The summed E-state index contributed by atoms with van der Waals surface area (Å²) in [5.74, 6) is -0.888. The maximum absolute atomic E-state index is 13.1. The molecule has 0 aliphatic carbocycles. The van der Waals surface area contributed by atoms with Gasteiger partial charge in [-0.15, -0.1) is 0 Å². The minimum atomic E-state index is -0.627. The van der Waals surface area contributed by atoms with E-state index in [0.717, 1.165) is 5.56 Å². The van der Waals surface area contributed by atoms with Gasteiger partial charge in [-0.3, -0.25) is 0 Å². The molecule has 0 bridgehead atoms. The Kier molecular flexibility index (Phi) is 5.81. The van der Waals surface area contributed by atoms with E-state index in [9.17, 15) is 14.0 Å². The molecule has 0 saturated carbocycles. The molecule has 0 N–H and O–H groups in total. The summed E-state index contributed by atoms with van der Waals surface area (Å²) in [4.78, 5) is 28.8. The SMILES string of the molecule is COc1cc(/C=C2\N=C(c3ccc(F)cc3)OC2=O)ccc1OC(=O)c1ccc(C)cc1. The normalized spacial score (nSPS) is 14.2. The van der Waals surface area contributed by atoms with Crippen LogP contribution in [-0.4, -0.2) is 24.9 Å². The van der Waals surface area contributed by atoms with Gasteiger partial charge < -0.3 is 14.2 Å². The number of aliphatic imine (C=N–C) groups is 1. The molecule has 4 rings (SSSR count). The van der Waals surface area contributed by atoms with Crippen molar-refractivity contribution in [1.29, 1.82) is 0 Å². The lowest BCUT2D eigenvalue weighted by Gasteiger charge is -2.10. The van der Waals surface area contributed by atoms with Gasteiger partial charge in [-0.25, -0.2) is 19.0 Å². The van der Waals surface area contributed by atoms with Crippen LogP contribution in [0.1, 0.15) is 27.0 Å². The quantitative estimate of drug-likeness (QED) is 0.332. The first-order valence-electron chi connectivity index (χ1n) is 9.68. The van der Waals surface area contributed by atoms with Gasteiger partial charge >= 0.3 is 11.9 Å². The number of carbonyl (C=O) groups is 2. The second-order valence-corrected chi connectivity index (χ2v) is 7.01. The van der Waals surface area contributed by atoms with Gasteiger partial charge in [0.25, 0.3) is 0 Å². The van der Waals surface area contributed by atoms with E-state index in [-0.39, 0.29) is 17.3 Å². The Morgan fingerprint density at radius 3 is 2.41 bits per heavy atom. The number of nitrogens with zero attached hydrogens (tertiary/aromatic N) is 1. The summed E-state index contributed by atoms with van der Waals surface area (Å²) in [7, 11) is 1.45. The molecule has 0 amide bonds. The summed E-state index contributed by atoms with van der Waals surface area (Å²) in [5.41, 5.74) is 2.61. The summed E-state index contributed by atoms with van der Waals surface area (Å²) in [6.07, 6.45) is 1.52. The van der Waals surface area contributed by atoms with Crippen molar-refractivity contribution in [3.63, 3.8) is 0 Å². The predicted molar refractivity (Wildman–Crippen MR) is 116 cm³/mol. The third kappa shape index (κ3) is 4.57. The largest absolute Gasteiger partial charge is 0.493 e. The van der Waals surface area contributed by atoms with E-state index in [2.05, 4.69) is 4.99 Å². The number of hydrogen-bond donors (Lipinski definition) is 0. The van der Waals surface area contributed by atoms with Gasteiger partial charge in [-0.2, -0.15) is 0 Å². The van der Waals surface area contributed by atoms with E-state index in [0.29, 0.717) is 22.4 Å². The van der Waals surface area contributed by atoms with Gasteiger partial charge in [0.15, 0.2) is 17.2 Å². The number of methoxy groups -OCH3 is 1. The number of aryl methyl sites for hydroxylation is 1. The molecule has 0 aromatic heterocycles. The van der Waals surface area contributed by atoms with Crippen molar-refractivity contribution in [2.45, 2.75) is 6.92 Å². The average molecular weight is 431 g/mol. The van der Waals surface area contributed by atoms with Crippen LogP contribution in [0.25, 0.3) is 6.08 Å². The monoisotopic (exact) mass is 431 g/mol. The summed E-state index contributed by atoms with van der Waals surface area (Å²) in [5, 5.41) is 0. The maximum atomic E-state index is 13.1. The second kappa shape index (κ2) is 8.85. The van der Waals surface area contributed by atoms with E-state index in [1.54, 1.807) is 30.3 Å². The molecule has 7 heteroatoms. The van der Waals surface area contributed by atoms with Crippen LogP contribution in [0.5, 0.6) is 11.5 Å². The first-order valence-corrected chi connectivity index (χ1v) is 9.68. The van der Waals surface area contributed by atoms with Crippen LogP contribution in [0.2, 0.25) is 0 Å². The van der Waals surface area contributed by atoms with E-state index >= 15 is 0 Å². The van der Waals surface area contributed by atoms with Crippen molar-refractivity contribution in [2.24, 2.45) is 4.99 Å². The molecular weight excluding hydrogens is 413 g/mol. The number of benzene rings is 3. The van der Waals surface area contributed by atoms with Crippen LogP contribution in [0, 0.1) is 12.7 Å². The lowest BCUT2D eigenvalue weighted by atomic mass is 10.1. The van der Waals surface area contributed by atoms with Gasteiger partial charge in [0.1, 0.15) is 5.82 Å². The third-order valence-electron chi connectivity index (χ3n) is 4.69. The smallest absolute Gasteiger partial charge is 0.363 e. The maximum Gasteiger partial charge on any atom is 0.363 e. The summed E-state index contributed by atoms with van der Waals surface area (Å²) in [6, 6.07) is 17.3. The average Bonchev–Trinajstić information content (AvgIpc) is 3.15. The second-order valence-electron chi connectivity index (χ2n) is 7.01. The summed E-state index contributed by atoms with van der Waals surface area (Å²) >= 11 is 0. The van der Waals surface area contributed by atoms with Crippen molar-refractivity contribution in [3.05, 3.63) is 100 Å². The highest BCUT2D eigenvalue weighted by Gasteiger charge is 2.24. The van der Waals surface area contributed by atoms with Gasteiger partial charge in [-0.1, -0.05) is 23.8 Å². The molecule has 0 atom stereocenters.